The van der Waals surface area contributed by atoms with E-state index >= 15 is 0 Å². The largest absolute Gasteiger partial charge is 0.456 e. The summed E-state index contributed by atoms with van der Waals surface area (Å²) in [6.07, 6.45) is 1.49. The van der Waals surface area contributed by atoms with Crippen molar-refractivity contribution in [2.75, 3.05) is 0 Å². The zero-order valence-electron chi connectivity index (χ0n) is 13.8. The average molecular weight is 382 g/mol. The molecule has 1 aromatic carbocycles. The van der Waals surface area contributed by atoms with Crippen molar-refractivity contribution in [2.24, 2.45) is 0 Å². The minimum absolute atomic E-state index is 0.0767. The van der Waals surface area contributed by atoms with Gasteiger partial charge in [-0.25, -0.2) is 0 Å². The second kappa shape index (κ2) is 6.25. The van der Waals surface area contributed by atoms with Crippen molar-refractivity contribution in [1.82, 2.24) is 14.6 Å². The molecular formula is C17H10N4O5S. The number of benzene rings is 1. The number of rotatable bonds is 3. The Morgan fingerprint density at radius 2 is 2.00 bits per heavy atom. The summed E-state index contributed by atoms with van der Waals surface area (Å²) in [7, 11) is 0. The third-order valence-corrected chi connectivity index (χ3v) is 4.77. The zero-order chi connectivity index (χ0) is 19.1. The number of nitro benzene ring substituents is 1. The topological polar surface area (TPSA) is 121 Å². The molecule has 0 saturated carbocycles. The summed E-state index contributed by atoms with van der Waals surface area (Å²) in [6.45, 7) is 1.48. The smallest absolute Gasteiger partial charge is 0.295 e. The fourth-order valence-electron chi connectivity index (χ4n) is 2.53. The van der Waals surface area contributed by atoms with Crippen molar-refractivity contribution in [3.05, 3.63) is 83.2 Å². The molecule has 0 unspecified atom stereocenters. The van der Waals surface area contributed by atoms with Crippen LogP contribution >= 0.6 is 11.3 Å². The standard InChI is InChI=1S/C17H10N4O5S/c1-9-15(22)18-17-20(19-9)16(23)14(27-17)8-10-6-7-13(26-10)11-4-2-3-5-12(11)21(24)25/h2-8H,1H3. The van der Waals surface area contributed by atoms with E-state index in [-0.39, 0.29) is 20.9 Å². The van der Waals surface area contributed by atoms with Crippen molar-refractivity contribution < 1.29 is 9.34 Å². The summed E-state index contributed by atoms with van der Waals surface area (Å²) in [5, 5.41) is 15.1. The highest BCUT2D eigenvalue weighted by Crippen LogP contribution is 2.30. The number of nitrogens with zero attached hydrogens (tertiary/aromatic N) is 4. The number of fused-ring (bicyclic) bond motifs is 1. The number of hydrogen-bond acceptors (Lipinski definition) is 8. The second-order valence-electron chi connectivity index (χ2n) is 5.59. The van der Waals surface area contributed by atoms with Gasteiger partial charge in [-0.15, -0.1) is 0 Å². The average Bonchev–Trinajstić information content (AvgIpc) is 3.22. The van der Waals surface area contributed by atoms with Crippen LogP contribution in [0.2, 0.25) is 0 Å². The van der Waals surface area contributed by atoms with Gasteiger partial charge in [0.05, 0.1) is 10.5 Å². The number of aromatic nitrogens is 3. The Balaban J connectivity index is 1.83. The molecule has 4 rings (SSSR count). The van der Waals surface area contributed by atoms with Crippen LogP contribution in [0.4, 0.5) is 5.69 Å². The Labute approximate surface area is 154 Å². The Hall–Kier alpha value is -3.66. The van der Waals surface area contributed by atoms with Crippen molar-refractivity contribution in [2.45, 2.75) is 6.92 Å². The highest BCUT2D eigenvalue weighted by Gasteiger charge is 2.17. The minimum atomic E-state index is -0.487. The molecule has 0 atom stereocenters. The van der Waals surface area contributed by atoms with Crippen molar-refractivity contribution >= 4 is 28.1 Å². The van der Waals surface area contributed by atoms with Crippen LogP contribution in [-0.4, -0.2) is 19.5 Å². The fourth-order valence-corrected chi connectivity index (χ4v) is 3.42. The summed E-state index contributed by atoms with van der Waals surface area (Å²) >= 11 is 1.01. The lowest BCUT2D eigenvalue weighted by Crippen LogP contribution is -2.27. The van der Waals surface area contributed by atoms with E-state index in [1.54, 1.807) is 30.3 Å². The van der Waals surface area contributed by atoms with E-state index < -0.39 is 16.0 Å². The maximum atomic E-state index is 12.4. The molecule has 0 aliphatic rings. The van der Waals surface area contributed by atoms with Crippen molar-refractivity contribution in [1.29, 1.82) is 0 Å². The molecular weight excluding hydrogens is 372 g/mol. The quantitative estimate of drug-likeness (QED) is 0.389. The Morgan fingerprint density at radius 3 is 2.78 bits per heavy atom. The molecule has 0 amide bonds. The minimum Gasteiger partial charge on any atom is -0.456 e. The Morgan fingerprint density at radius 1 is 1.22 bits per heavy atom. The zero-order valence-corrected chi connectivity index (χ0v) is 14.6. The van der Waals surface area contributed by atoms with Crippen LogP contribution in [0.25, 0.3) is 22.4 Å². The molecule has 0 spiro atoms. The molecule has 0 aliphatic heterocycles. The molecule has 0 saturated heterocycles. The van der Waals surface area contributed by atoms with Crippen molar-refractivity contribution in [3.8, 4) is 11.3 Å². The molecule has 3 heterocycles. The molecule has 134 valence electrons. The van der Waals surface area contributed by atoms with Gasteiger partial charge in [0.15, 0.2) is 0 Å². The fraction of sp³-hybridized carbons (Fsp3) is 0.0588. The Bertz CT molecular complexity index is 1370. The van der Waals surface area contributed by atoms with Crippen LogP contribution in [0.15, 0.2) is 50.4 Å². The van der Waals surface area contributed by atoms with E-state index in [1.165, 1.54) is 19.1 Å². The summed E-state index contributed by atoms with van der Waals surface area (Å²) in [5.74, 6) is 0.648. The highest BCUT2D eigenvalue weighted by atomic mass is 32.1. The molecule has 9 nitrogen and oxygen atoms in total. The van der Waals surface area contributed by atoms with Crippen molar-refractivity contribution in [3.63, 3.8) is 0 Å². The van der Waals surface area contributed by atoms with E-state index in [0.717, 1.165) is 15.9 Å². The van der Waals surface area contributed by atoms with E-state index in [9.17, 15) is 19.7 Å². The third-order valence-electron chi connectivity index (χ3n) is 3.81. The van der Waals surface area contributed by atoms with Gasteiger partial charge in [-0.3, -0.25) is 19.7 Å². The molecule has 27 heavy (non-hydrogen) atoms. The molecule has 0 bridgehead atoms. The maximum Gasteiger partial charge on any atom is 0.295 e. The highest BCUT2D eigenvalue weighted by molar-refractivity contribution is 7.15. The van der Waals surface area contributed by atoms with Crippen LogP contribution in [0.1, 0.15) is 11.5 Å². The predicted molar refractivity (Wildman–Crippen MR) is 97.7 cm³/mol. The Kier molecular flexibility index (Phi) is 3.89. The van der Waals surface area contributed by atoms with Crippen LogP contribution in [0.3, 0.4) is 0 Å². The first-order valence-electron chi connectivity index (χ1n) is 7.70. The van der Waals surface area contributed by atoms with Gasteiger partial charge in [-0.2, -0.15) is 14.6 Å². The van der Waals surface area contributed by atoms with E-state index in [4.69, 9.17) is 4.42 Å². The van der Waals surface area contributed by atoms with Gasteiger partial charge in [-0.05, 0) is 25.1 Å². The van der Waals surface area contributed by atoms with Crippen LogP contribution in [0.5, 0.6) is 0 Å². The van der Waals surface area contributed by atoms with E-state index in [1.807, 2.05) is 0 Å². The molecule has 4 aromatic rings. The number of hydrogen-bond donors (Lipinski definition) is 0. The molecule has 10 heteroatoms. The lowest BCUT2D eigenvalue weighted by molar-refractivity contribution is -0.384. The second-order valence-corrected chi connectivity index (χ2v) is 6.60. The van der Waals surface area contributed by atoms with Crippen LogP contribution in [-0.2, 0) is 0 Å². The van der Waals surface area contributed by atoms with Crippen LogP contribution < -0.4 is 15.7 Å². The number of para-hydroxylation sites is 1. The van der Waals surface area contributed by atoms with E-state index in [2.05, 4.69) is 10.1 Å². The van der Waals surface area contributed by atoms with Gasteiger partial charge in [0.25, 0.3) is 16.8 Å². The number of thiazole rings is 1. The first-order chi connectivity index (χ1) is 12.9. The lowest BCUT2D eigenvalue weighted by atomic mass is 10.1. The van der Waals surface area contributed by atoms with Gasteiger partial charge in [0, 0.05) is 12.1 Å². The monoisotopic (exact) mass is 382 g/mol. The number of aryl methyl sites for hydroxylation is 1. The first kappa shape index (κ1) is 16.8. The van der Waals surface area contributed by atoms with E-state index in [0.29, 0.717) is 17.1 Å². The normalized spacial score (nSPS) is 12.0. The van der Waals surface area contributed by atoms with Gasteiger partial charge in [0.1, 0.15) is 21.7 Å². The van der Waals surface area contributed by atoms with Gasteiger partial charge < -0.3 is 4.42 Å². The predicted octanol–water partition coefficient (Wildman–Crippen LogP) is 1.54. The van der Waals surface area contributed by atoms with Crippen LogP contribution in [0, 0.1) is 17.0 Å². The molecule has 0 fully saturated rings. The summed E-state index contributed by atoms with van der Waals surface area (Å²) in [4.78, 5) is 38.7. The molecule has 3 aromatic heterocycles. The first-order valence-corrected chi connectivity index (χ1v) is 8.51. The maximum absolute atomic E-state index is 12.4. The molecule has 0 aliphatic carbocycles. The van der Waals surface area contributed by atoms with Gasteiger partial charge >= 0.3 is 0 Å². The summed E-state index contributed by atoms with van der Waals surface area (Å²) < 4.78 is 7.01. The van der Waals surface area contributed by atoms with Gasteiger partial charge in [-0.1, -0.05) is 23.5 Å². The lowest BCUT2D eigenvalue weighted by Gasteiger charge is -1.98. The third kappa shape index (κ3) is 2.91. The molecule has 0 radical (unpaired) electrons. The van der Waals surface area contributed by atoms with Gasteiger partial charge in [0.2, 0.25) is 4.96 Å². The molecule has 0 N–H and O–H groups in total. The number of nitro groups is 1. The summed E-state index contributed by atoms with van der Waals surface area (Å²) in [5.41, 5.74) is -0.517. The summed E-state index contributed by atoms with van der Waals surface area (Å²) in [6, 6.07) is 9.41. The SMILES string of the molecule is Cc1nn2c(=O)c(=Cc3ccc(-c4ccccc4[N+](=O)[O-])o3)sc2nc1=O. The number of furan rings is 1.